The molecule has 0 saturated carbocycles. The van der Waals surface area contributed by atoms with Crippen LogP contribution in [0.3, 0.4) is 0 Å². The summed E-state index contributed by atoms with van der Waals surface area (Å²) in [4.78, 5) is 22.9. The third-order valence-corrected chi connectivity index (χ3v) is 2.21. The average molecular weight is 226 g/mol. The minimum absolute atomic E-state index is 0.0335. The lowest BCUT2D eigenvalue weighted by Crippen LogP contribution is -2.47. The van der Waals surface area contributed by atoms with Crippen LogP contribution in [0.5, 0.6) is 0 Å². The van der Waals surface area contributed by atoms with Crippen molar-refractivity contribution in [1.82, 2.24) is 10.6 Å². The van der Waals surface area contributed by atoms with E-state index in [2.05, 4.69) is 17.2 Å². The lowest BCUT2D eigenvalue weighted by Gasteiger charge is -2.22. The zero-order valence-corrected chi connectivity index (χ0v) is 10.6. The third kappa shape index (κ3) is 5.53. The zero-order valence-electron chi connectivity index (χ0n) is 10.6. The molecule has 0 aromatic heterocycles. The fourth-order valence-corrected chi connectivity index (χ4v) is 1.22. The molecule has 0 radical (unpaired) electrons. The molecule has 2 N–H and O–H groups in total. The fraction of sp³-hybridized carbons (Fsp3) is 0.667. The maximum absolute atomic E-state index is 11.8. The summed E-state index contributed by atoms with van der Waals surface area (Å²) >= 11 is 0. The lowest BCUT2D eigenvalue weighted by molar-refractivity contribution is -0.127. The molecule has 1 unspecified atom stereocenters. The molecular formula is C12H22N2O2. The largest absolute Gasteiger partial charge is 0.378 e. The highest BCUT2D eigenvalue weighted by molar-refractivity contribution is 5.88. The van der Waals surface area contributed by atoms with Crippen molar-refractivity contribution in [3.63, 3.8) is 0 Å². The van der Waals surface area contributed by atoms with Gasteiger partial charge >= 0.3 is 0 Å². The first-order valence-electron chi connectivity index (χ1n) is 5.59. The Balaban J connectivity index is 4.28. The number of allylic oxidation sites excluding steroid dienone is 1. The summed E-state index contributed by atoms with van der Waals surface area (Å²) in [6, 6.07) is -0.331. The minimum Gasteiger partial charge on any atom is -0.378 e. The number of nitrogens with one attached hydrogen (secondary N) is 2. The number of rotatable bonds is 7. The van der Waals surface area contributed by atoms with Gasteiger partial charge in [-0.25, -0.2) is 0 Å². The van der Waals surface area contributed by atoms with Gasteiger partial charge in [-0.1, -0.05) is 27.4 Å². The summed E-state index contributed by atoms with van der Waals surface area (Å²) in [7, 11) is 0. The third-order valence-electron chi connectivity index (χ3n) is 2.21. The van der Waals surface area contributed by atoms with Gasteiger partial charge in [0.25, 0.3) is 0 Å². The molecule has 0 aromatic rings. The number of carbonyl (C=O) groups excluding carboxylic acids is 2. The van der Waals surface area contributed by atoms with E-state index in [-0.39, 0.29) is 30.2 Å². The maximum atomic E-state index is 11.8. The second kappa shape index (κ2) is 7.04. The van der Waals surface area contributed by atoms with E-state index in [1.807, 2.05) is 13.8 Å². The second-order valence-corrected chi connectivity index (χ2v) is 4.26. The molecule has 0 aliphatic rings. The van der Waals surface area contributed by atoms with Crippen molar-refractivity contribution in [3.05, 3.63) is 12.3 Å². The minimum atomic E-state index is -0.331. The molecule has 0 aliphatic heterocycles. The summed E-state index contributed by atoms with van der Waals surface area (Å²) < 4.78 is 0. The molecule has 0 bridgehead atoms. The van der Waals surface area contributed by atoms with E-state index in [0.29, 0.717) is 6.42 Å². The van der Waals surface area contributed by atoms with Crippen molar-refractivity contribution in [2.24, 2.45) is 5.92 Å². The molecule has 0 spiro atoms. The second-order valence-electron chi connectivity index (χ2n) is 4.26. The summed E-state index contributed by atoms with van der Waals surface area (Å²) in [6.45, 7) is 11.3. The summed E-state index contributed by atoms with van der Waals surface area (Å²) in [5.74, 6) is 0.0272. The van der Waals surface area contributed by atoms with Gasteiger partial charge in [-0.3, -0.25) is 9.59 Å². The van der Waals surface area contributed by atoms with E-state index in [9.17, 15) is 9.59 Å². The van der Waals surface area contributed by atoms with Crippen LogP contribution in [0.2, 0.25) is 0 Å². The zero-order chi connectivity index (χ0) is 12.7. The molecule has 0 saturated heterocycles. The van der Waals surface area contributed by atoms with E-state index < -0.39 is 0 Å². The Labute approximate surface area is 97.5 Å². The van der Waals surface area contributed by atoms with Crippen molar-refractivity contribution in [2.75, 3.05) is 6.54 Å². The van der Waals surface area contributed by atoms with E-state index in [1.165, 1.54) is 0 Å². The van der Waals surface area contributed by atoms with Gasteiger partial charge in [0.15, 0.2) is 5.78 Å². The van der Waals surface area contributed by atoms with Gasteiger partial charge in [-0.05, 0) is 12.8 Å². The number of amides is 1. The molecule has 0 rings (SSSR count). The number of Topliss-reactive ketones (excluding diaryl/α,β-unsaturated/α-hetero) is 1. The highest BCUT2D eigenvalue weighted by atomic mass is 16.2. The van der Waals surface area contributed by atoms with Crippen molar-refractivity contribution < 1.29 is 9.59 Å². The standard InChI is InChI=1S/C12H22N2O2/c1-6-10(15)7-13-12(16)11(8(2)3)14-9(4)5/h8,11,14H,4,6-7H2,1-3,5H3,(H,13,16). The van der Waals surface area contributed by atoms with Crippen LogP contribution in [0.4, 0.5) is 0 Å². The highest BCUT2D eigenvalue weighted by Crippen LogP contribution is 2.03. The van der Waals surface area contributed by atoms with Gasteiger partial charge in [-0.2, -0.15) is 0 Å². The quantitative estimate of drug-likeness (QED) is 0.686. The van der Waals surface area contributed by atoms with Crippen molar-refractivity contribution >= 4 is 11.7 Å². The average Bonchev–Trinajstić information content (AvgIpc) is 2.21. The molecule has 1 amide bonds. The predicted octanol–water partition coefficient (Wildman–Crippen LogP) is 1.23. The molecule has 16 heavy (non-hydrogen) atoms. The Morgan fingerprint density at radius 1 is 1.31 bits per heavy atom. The van der Waals surface area contributed by atoms with Crippen LogP contribution in [0.15, 0.2) is 12.3 Å². The summed E-state index contributed by atoms with van der Waals surface area (Å²) in [5.41, 5.74) is 0.746. The van der Waals surface area contributed by atoms with Crippen molar-refractivity contribution in [3.8, 4) is 0 Å². The number of hydrogen-bond acceptors (Lipinski definition) is 3. The molecule has 92 valence electrons. The van der Waals surface area contributed by atoms with E-state index >= 15 is 0 Å². The molecule has 1 atom stereocenters. The Hall–Kier alpha value is -1.32. The van der Waals surface area contributed by atoms with Crippen LogP contribution in [-0.2, 0) is 9.59 Å². The smallest absolute Gasteiger partial charge is 0.243 e. The van der Waals surface area contributed by atoms with Gasteiger partial charge in [0.05, 0.1) is 6.54 Å². The molecule has 4 nitrogen and oxygen atoms in total. The van der Waals surface area contributed by atoms with E-state index in [0.717, 1.165) is 5.70 Å². The van der Waals surface area contributed by atoms with Gasteiger partial charge in [-0.15, -0.1) is 0 Å². The fourth-order valence-electron chi connectivity index (χ4n) is 1.22. The number of carbonyl (C=O) groups is 2. The van der Waals surface area contributed by atoms with Crippen LogP contribution < -0.4 is 10.6 Å². The van der Waals surface area contributed by atoms with E-state index in [1.54, 1.807) is 13.8 Å². The Morgan fingerprint density at radius 2 is 1.88 bits per heavy atom. The Morgan fingerprint density at radius 3 is 2.25 bits per heavy atom. The molecule has 0 aromatic carbocycles. The molecular weight excluding hydrogens is 204 g/mol. The van der Waals surface area contributed by atoms with Crippen LogP contribution in [-0.4, -0.2) is 24.3 Å². The van der Waals surface area contributed by atoms with Crippen LogP contribution in [0.1, 0.15) is 34.1 Å². The van der Waals surface area contributed by atoms with Crippen LogP contribution in [0, 0.1) is 5.92 Å². The predicted molar refractivity (Wildman–Crippen MR) is 64.9 cm³/mol. The van der Waals surface area contributed by atoms with Crippen molar-refractivity contribution in [1.29, 1.82) is 0 Å². The summed E-state index contributed by atoms with van der Waals surface area (Å²) in [5, 5.41) is 5.63. The molecule has 4 heteroatoms. The van der Waals surface area contributed by atoms with E-state index in [4.69, 9.17) is 0 Å². The lowest BCUT2D eigenvalue weighted by atomic mass is 10.0. The van der Waals surface area contributed by atoms with Gasteiger partial charge in [0.2, 0.25) is 5.91 Å². The van der Waals surface area contributed by atoms with Gasteiger partial charge < -0.3 is 10.6 Å². The summed E-state index contributed by atoms with van der Waals surface area (Å²) in [6.07, 6.45) is 0.445. The Kier molecular flexibility index (Phi) is 6.46. The van der Waals surface area contributed by atoms with Crippen LogP contribution >= 0.6 is 0 Å². The SMILES string of the molecule is C=C(C)NC(C(=O)NCC(=O)CC)C(C)C. The topological polar surface area (TPSA) is 58.2 Å². The number of hydrogen-bond donors (Lipinski definition) is 2. The van der Waals surface area contributed by atoms with Gasteiger partial charge in [0.1, 0.15) is 6.04 Å². The Bertz CT molecular complexity index is 272. The van der Waals surface area contributed by atoms with Crippen molar-refractivity contribution in [2.45, 2.75) is 40.2 Å². The number of ketones is 1. The first-order chi connectivity index (χ1) is 7.38. The first kappa shape index (κ1) is 14.7. The maximum Gasteiger partial charge on any atom is 0.243 e. The molecule has 0 heterocycles. The first-order valence-corrected chi connectivity index (χ1v) is 5.59. The molecule has 0 aliphatic carbocycles. The highest BCUT2D eigenvalue weighted by Gasteiger charge is 2.21. The molecule has 0 fully saturated rings. The van der Waals surface area contributed by atoms with Gasteiger partial charge in [0, 0.05) is 12.1 Å². The monoisotopic (exact) mass is 226 g/mol. The van der Waals surface area contributed by atoms with Crippen LogP contribution in [0.25, 0.3) is 0 Å². The normalized spacial score (nSPS) is 12.1.